The van der Waals surface area contributed by atoms with E-state index >= 15 is 0 Å². The second kappa shape index (κ2) is 7.31. The monoisotopic (exact) mass is 318 g/mol. The zero-order valence-electron chi connectivity index (χ0n) is 11.9. The van der Waals surface area contributed by atoms with Gasteiger partial charge in [0.15, 0.2) is 11.6 Å². The molecule has 118 valence electrons. The van der Waals surface area contributed by atoms with Crippen LogP contribution < -0.4 is 4.74 Å². The fraction of sp³-hybridized carbons (Fsp3) is 0.188. The van der Waals surface area contributed by atoms with Gasteiger partial charge in [0.05, 0.1) is 23.5 Å². The Labute approximate surface area is 130 Å². The van der Waals surface area contributed by atoms with Crippen molar-refractivity contribution in [3.05, 3.63) is 69.8 Å². The quantitative estimate of drug-likeness (QED) is 0.597. The zero-order valence-corrected chi connectivity index (χ0v) is 11.9. The minimum atomic E-state index is -1.00. The summed E-state index contributed by atoms with van der Waals surface area (Å²) in [6.45, 7) is 0.125. The lowest BCUT2D eigenvalue weighted by Gasteiger charge is -2.11. The molecule has 1 unspecified atom stereocenters. The standard InChI is InChI=1S/C16H12F2N2O3/c17-15-6-5-14(9-16(15)18)23-8-7-12(10-19)11-1-3-13(4-2-11)20(21)22/h1-6,9,12H,7-8H2. The lowest BCUT2D eigenvalue weighted by atomic mass is 9.97. The van der Waals surface area contributed by atoms with Crippen molar-refractivity contribution in [2.45, 2.75) is 12.3 Å². The molecule has 0 radical (unpaired) electrons. The molecule has 0 heterocycles. The third-order valence-electron chi connectivity index (χ3n) is 3.23. The summed E-state index contributed by atoms with van der Waals surface area (Å²) in [6, 6.07) is 11.0. The Balaban J connectivity index is 1.95. The molecule has 2 aromatic carbocycles. The molecule has 2 aromatic rings. The first-order chi connectivity index (χ1) is 11.0. The van der Waals surface area contributed by atoms with Crippen LogP contribution in [-0.4, -0.2) is 11.5 Å². The Morgan fingerprint density at radius 2 is 1.87 bits per heavy atom. The van der Waals surface area contributed by atoms with Gasteiger partial charge in [-0.1, -0.05) is 12.1 Å². The molecule has 1 atom stereocenters. The fourth-order valence-corrected chi connectivity index (χ4v) is 2.00. The van der Waals surface area contributed by atoms with E-state index in [1.165, 1.54) is 30.3 Å². The van der Waals surface area contributed by atoms with Gasteiger partial charge in [-0.25, -0.2) is 8.78 Å². The minimum Gasteiger partial charge on any atom is -0.493 e. The van der Waals surface area contributed by atoms with Crippen molar-refractivity contribution in [3.63, 3.8) is 0 Å². The Hall–Kier alpha value is -3.01. The average Bonchev–Trinajstić information content (AvgIpc) is 2.55. The zero-order chi connectivity index (χ0) is 16.8. The molecule has 0 saturated carbocycles. The Kier molecular flexibility index (Phi) is 5.20. The maximum Gasteiger partial charge on any atom is 0.269 e. The van der Waals surface area contributed by atoms with Gasteiger partial charge in [0, 0.05) is 24.6 Å². The van der Waals surface area contributed by atoms with E-state index in [1.54, 1.807) is 0 Å². The Morgan fingerprint density at radius 1 is 1.17 bits per heavy atom. The number of nitriles is 1. The van der Waals surface area contributed by atoms with Crippen LogP contribution in [-0.2, 0) is 0 Å². The van der Waals surface area contributed by atoms with Crippen LogP contribution in [0.1, 0.15) is 17.9 Å². The molecular weight excluding hydrogens is 306 g/mol. The third kappa shape index (κ3) is 4.23. The third-order valence-corrected chi connectivity index (χ3v) is 3.23. The smallest absolute Gasteiger partial charge is 0.269 e. The number of hydrogen-bond acceptors (Lipinski definition) is 4. The van der Waals surface area contributed by atoms with Crippen LogP contribution in [0.3, 0.4) is 0 Å². The van der Waals surface area contributed by atoms with Gasteiger partial charge in [0.2, 0.25) is 0 Å². The van der Waals surface area contributed by atoms with Gasteiger partial charge in [-0.05, 0) is 17.7 Å². The van der Waals surface area contributed by atoms with E-state index in [1.807, 2.05) is 0 Å². The normalized spacial score (nSPS) is 11.5. The number of hydrogen-bond donors (Lipinski definition) is 0. The van der Waals surface area contributed by atoms with Crippen molar-refractivity contribution >= 4 is 5.69 Å². The highest BCUT2D eigenvalue weighted by Gasteiger charge is 2.13. The number of non-ortho nitro benzene ring substituents is 1. The molecule has 0 aliphatic carbocycles. The number of ether oxygens (including phenoxy) is 1. The summed E-state index contributed by atoms with van der Waals surface area (Å²) in [5, 5.41) is 19.8. The van der Waals surface area contributed by atoms with Crippen molar-refractivity contribution in [2.24, 2.45) is 0 Å². The van der Waals surface area contributed by atoms with Crippen molar-refractivity contribution < 1.29 is 18.4 Å². The van der Waals surface area contributed by atoms with Gasteiger partial charge in [0.1, 0.15) is 5.75 Å². The van der Waals surface area contributed by atoms with Crippen LogP contribution in [0.25, 0.3) is 0 Å². The van der Waals surface area contributed by atoms with E-state index in [0.717, 1.165) is 12.1 Å². The highest BCUT2D eigenvalue weighted by Crippen LogP contribution is 2.23. The molecule has 0 N–H and O–H groups in total. The molecule has 2 rings (SSSR count). The summed E-state index contributed by atoms with van der Waals surface area (Å²) in [7, 11) is 0. The largest absolute Gasteiger partial charge is 0.493 e. The van der Waals surface area contributed by atoms with Crippen LogP contribution in [0.15, 0.2) is 42.5 Å². The molecule has 0 bridgehead atoms. The number of benzene rings is 2. The number of halogens is 2. The highest BCUT2D eigenvalue weighted by molar-refractivity contribution is 5.36. The summed E-state index contributed by atoms with van der Waals surface area (Å²) < 4.78 is 31.1. The summed E-state index contributed by atoms with van der Waals surface area (Å²) in [4.78, 5) is 10.1. The molecule has 0 fully saturated rings. The molecule has 0 amide bonds. The van der Waals surface area contributed by atoms with Crippen LogP contribution in [0.5, 0.6) is 5.75 Å². The van der Waals surface area contributed by atoms with E-state index in [4.69, 9.17) is 4.74 Å². The van der Waals surface area contributed by atoms with E-state index in [0.29, 0.717) is 12.0 Å². The minimum absolute atomic E-state index is 0.0523. The predicted octanol–water partition coefficient (Wildman–Crippen LogP) is 3.95. The molecule has 0 aliphatic heterocycles. The SMILES string of the molecule is N#CC(CCOc1ccc(F)c(F)c1)c1ccc([N+](=O)[O-])cc1. The molecule has 0 spiro atoms. The summed E-state index contributed by atoms with van der Waals surface area (Å²) in [5.74, 6) is -2.31. The Morgan fingerprint density at radius 3 is 2.43 bits per heavy atom. The first kappa shape index (κ1) is 16.4. The molecule has 0 aromatic heterocycles. The van der Waals surface area contributed by atoms with Crippen molar-refractivity contribution in [3.8, 4) is 11.8 Å². The summed E-state index contributed by atoms with van der Waals surface area (Å²) in [6.07, 6.45) is 0.313. The lowest BCUT2D eigenvalue weighted by Crippen LogP contribution is -2.05. The highest BCUT2D eigenvalue weighted by atomic mass is 19.2. The molecule has 0 aliphatic rings. The second-order valence-electron chi connectivity index (χ2n) is 4.74. The predicted molar refractivity (Wildman–Crippen MR) is 77.9 cm³/mol. The van der Waals surface area contributed by atoms with Crippen LogP contribution in [0, 0.1) is 33.1 Å². The molecule has 0 saturated heterocycles. The molecule has 7 heteroatoms. The molecule has 23 heavy (non-hydrogen) atoms. The molecular formula is C16H12F2N2O3. The van der Waals surface area contributed by atoms with Crippen LogP contribution >= 0.6 is 0 Å². The number of nitro benzene ring substituents is 1. The first-order valence-corrected chi connectivity index (χ1v) is 6.73. The van der Waals surface area contributed by atoms with Gasteiger partial charge in [-0.2, -0.15) is 5.26 Å². The first-order valence-electron chi connectivity index (χ1n) is 6.73. The van der Waals surface area contributed by atoms with Crippen LogP contribution in [0.4, 0.5) is 14.5 Å². The van der Waals surface area contributed by atoms with Crippen molar-refractivity contribution in [2.75, 3.05) is 6.61 Å². The van der Waals surface area contributed by atoms with Gasteiger partial charge < -0.3 is 4.74 Å². The fourth-order valence-electron chi connectivity index (χ4n) is 2.00. The van der Waals surface area contributed by atoms with E-state index in [-0.39, 0.29) is 18.0 Å². The van der Waals surface area contributed by atoms with E-state index in [9.17, 15) is 24.2 Å². The Bertz CT molecular complexity index is 742. The van der Waals surface area contributed by atoms with E-state index < -0.39 is 22.5 Å². The van der Waals surface area contributed by atoms with Gasteiger partial charge >= 0.3 is 0 Å². The number of nitrogens with zero attached hydrogens (tertiary/aromatic N) is 2. The van der Waals surface area contributed by atoms with Crippen molar-refractivity contribution in [1.82, 2.24) is 0 Å². The van der Waals surface area contributed by atoms with Gasteiger partial charge in [-0.3, -0.25) is 10.1 Å². The van der Waals surface area contributed by atoms with Crippen molar-refractivity contribution in [1.29, 1.82) is 5.26 Å². The maximum absolute atomic E-state index is 13.0. The van der Waals surface area contributed by atoms with E-state index in [2.05, 4.69) is 6.07 Å². The van der Waals surface area contributed by atoms with Gasteiger partial charge in [0.25, 0.3) is 5.69 Å². The summed E-state index contributed by atoms with van der Waals surface area (Å²) >= 11 is 0. The van der Waals surface area contributed by atoms with Gasteiger partial charge in [-0.15, -0.1) is 0 Å². The topological polar surface area (TPSA) is 76.2 Å². The maximum atomic E-state index is 13.0. The van der Waals surface area contributed by atoms with Crippen LogP contribution in [0.2, 0.25) is 0 Å². The summed E-state index contributed by atoms with van der Waals surface area (Å²) in [5.41, 5.74) is 0.579. The lowest BCUT2D eigenvalue weighted by molar-refractivity contribution is -0.384. The average molecular weight is 318 g/mol. The molecule has 5 nitrogen and oxygen atoms in total. The number of rotatable bonds is 6. The second-order valence-corrected chi connectivity index (χ2v) is 4.74. The number of nitro groups is 1.